The number of methoxy groups -OCH3 is 1. The first-order valence-electron chi connectivity index (χ1n) is 11.5. The Labute approximate surface area is 237 Å². The normalized spacial score (nSPS) is 11.9. The van der Waals surface area contributed by atoms with Crippen molar-refractivity contribution in [2.24, 2.45) is 5.10 Å². The van der Waals surface area contributed by atoms with Crippen molar-refractivity contribution in [2.75, 3.05) is 7.11 Å². The van der Waals surface area contributed by atoms with Crippen LogP contribution in [-0.4, -0.2) is 23.0 Å². The number of fused-ring (bicyclic) bond motifs is 1. The van der Waals surface area contributed by atoms with E-state index in [-0.39, 0.29) is 5.56 Å². The zero-order chi connectivity index (χ0) is 26.9. The quantitative estimate of drug-likeness (QED) is 0.202. The van der Waals surface area contributed by atoms with Crippen molar-refractivity contribution in [3.05, 3.63) is 95.4 Å². The largest absolute Gasteiger partial charge is 0.493 e. The maximum Gasteiger partial charge on any atom is 0.282 e. The Kier molecular flexibility index (Phi) is 8.11. The van der Waals surface area contributed by atoms with Crippen LogP contribution in [0.15, 0.2) is 67.4 Å². The molecule has 192 valence electrons. The maximum absolute atomic E-state index is 13.4. The van der Waals surface area contributed by atoms with Gasteiger partial charge in [0.15, 0.2) is 11.5 Å². The Hall–Kier alpha value is -2.68. The molecule has 0 fully saturated rings. The Morgan fingerprint density at radius 2 is 1.89 bits per heavy atom. The average molecular weight is 648 g/mol. The fourth-order valence-electron chi connectivity index (χ4n) is 3.80. The molecule has 0 N–H and O–H groups in total. The Balaban J connectivity index is 1.76. The Morgan fingerprint density at radius 3 is 2.57 bits per heavy atom. The molecule has 0 amide bonds. The first kappa shape index (κ1) is 27.4. The summed E-state index contributed by atoms with van der Waals surface area (Å²) in [5.74, 6) is 1.40. The lowest BCUT2D eigenvalue weighted by Crippen LogP contribution is -2.29. The second-order valence-corrected chi connectivity index (χ2v) is 11.7. The molecule has 1 aromatic heterocycles. The molecule has 1 heterocycles. The molecule has 9 heteroatoms. The molecule has 0 saturated carbocycles. The van der Waals surface area contributed by atoms with Crippen molar-refractivity contribution in [3.8, 4) is 11.5 Å². The number of rotatable bonds is 6. The van der Waals surface area contributed by atoms with Crippen LogP contribution in [0.3, 0.4) is 0 Å². The van der Waals surface area contributed by atoms with E-state index in [9.17, 15) is 4.79 Å². The predicted octanol–water partition coefficient (Wildman–Crippen LogP) is 7.65. The van der Waals surface area contributed by atoms with Crippen molar-refractivity contribution in [3.63, 3.8) is 0 Å². The lowest BCUT2D eigenvalue weighted by Gasteiger charge is -2.21. The van der Waals surface area contributed by atoms with Gasteiger partial charge in [-0.25, -0.2) is 4.98 Å². The van der Waals surface area contributed by atoms with Gasteiger partial charge in [0, 0.05) is 19.9 Å². The fourth-order valence-corrected chi connectivity index (χ4v) is 4.82. The van der Waals surface area contributed by atoms with E-state index in [0.717, 1.165) is 15.6 Å². The maximum atomic E-state index is 13.4. The molecule has 0 bridgehead atoms. The van der Waals surface area contributed by atoms with Gasteiger partial charge in [-0.1, -0.05) is 78.1 Å². The monoisotopic (exact) mass is 645 g/mol. The molecular weight excluding hydrogens is 622 g/mol. The molecular formula is C28H26Br2ClN3O3. The minimum absolute atomic E-state index is 0.264. The van der Waals surface area contributed by atoms with Crippen LogP contribution in [0.4, 0.5) is 0 Å². The van der Waals surface area contributed by atoms with E-state index >= 15 is 0 Å². The molecule has 0 radical (unpaired) electrons. The number of ether oxygens (including phenoxy) is 2. The van der Waals surface area contributed by atoms with Gasteiger partial charge in [-0.3, -0.25) is 4.79 Å². The van der Waals surface area contributed by atoms with E-state index in [1.165, 1.54) is 4.68 Å². The van der Waals surface area contributed by atoms with Crippen LogP contribution in [0.2, 0.25) is 5.02 Å². The number of aromatic nitrogens is 2. The molecule has 37 heavy (non-hydrogen) atoms. The van der Waals surface area contributed by atoms with E-state index in [2.05, 4.69) is 43.0 Å². The number of hydrogen-bond acceptors (Lipinski definition) is 5. The first-order valence-corrected chi connectivity index (χ1v) is 13.5. The standard InChI is InChI=1S/C28H26Br2ClN3O3/c1-16-7-6-8-17(11-16)15-37-25-22(36-5)12-18(23(30)24(25)31)14-32-34-26(35)20-13-19(29)9-10-21(20)33-27(34)28(2,3)4/h6-14H,15H2,1-5H3. The lowest BCUT2D eigenvalue weighted by atomic mass is 9.95. The van der Waals surface area contributed by atoms with Gasteiger partial charge < -0.3 is 9.47 Å². The second-order valence-electron chi connectivity index (χ2n) is 9.61. The molecule has 0 saturated heterocycles. The van der Waals surface area contributed by atoms with Crippen molar-refractivity contribution < 1.29 is 9.47 Å². The van der Waals surface area contributed by atoms with Gasteiger partial charge in [0.05, 0.1) is 24.2 Å². The molecule has 3 aromatic carbocycles. The summed E-state index contributed by atoms with van der Waals surface area (Å²) < 4.78 is 14.3. The van der Waals surface area contributed by atoms with Crippen LogP contribution in [0.1, 0.15) is 43.3 Å². The second kappa shape index (κ2) is 11.0. The smallest absolute Gasteiger partial charge is 0.282 e. The third-order valence-electron chi connectivity index (χ3n) is 5.63. The third-order valence-corrected chi connectivity index (χ3v) is 7.57. The molecule has 4 rings (SSSR count). The zero-order valence-electron chi connectivity index (χ0n) is 21.1. The van der Waals surface area contributed by atoms with E-state index in [1.54, 1.807) is 25.5 Å². The SMILES string of the molecule is COc1cc(C=Nn2c(C(C)(C)C)nc3ccc(Br)cc3c2=O)c(Br)c(Cl)c1OCc1cccc(C)c1. The molecule has 0 unspecified atom stereocenters. The molecule has 0 atom stereocenters. The molecule has 0 aliphatic rings. The van der Waals surface area contributed by atoms with Crippen LogP contribution in [-0.2, 0) is 12.0 Å². The predicted molar refractivity (Wildman–Crippen MR) is 157 cm³/mol. The van der Waals surface area contributed by atoms with Crippen molar-refractivity contribution in [1.29, 1.82) is 0 Å². The Morgan fingerprint density at radius 1 is 1.14 bits per heavy atom. The van der Waals surface area contributed by atoms with Gasteiger partial charge in [-0.2, -0.15) is 9.78 Å². The van der Waals surface area contributed by atoms with Crippen molar-refractivity contribution >= 4 is 60.6 Å². The van der Waals surface area contributed by atoms with E-state index in [4.69, 9.17) is 26.1 Å². The topological polar surface area (TPSA) is 65.7 Å². The van der Waals surface area contributed by atoms with E-state index in [0.29, 0.717) is 49.9 Å². The minimum atomic E-state index is -0.433. The summed E-state index contributed by atoms with van der Waals surface area (Å²) in [4.78, 5) is 18.2. The van der Waals surface area contributed by atoms with E-state index in [1.807, 2.05) is 58.0 Å². The van der Waals surface area contributed by atoms with Crippen LogP contribution >= 0.6 is 43.5 Å². The summed E-state index contributed by atoms with van der Waals surface area (Å²) in [5, 5.41) is 5.36. The number of hydrogen-bond donors (Lipinski definition) is 0. The third kappa shape index (κ3) is 5.92. The molecule has 0 spiro atoms. The molecule has 6 nitrogen and oxygen atoms in total. The molecule has 0 aliphatic heterocycles. The van der Waals surface area contributed by atoms with Gasteiger partial charge in [0.25, 0.3) is 5.56 Å². The number of nitrogens with zero attached hydrogens (tertiary/aromatic N) is 3. The highest BCUT2D eigenvalue weighted by Crippen LogP contribution is 2.42. The zero-order valence-corrected chi connectivity index (χ0v) is 25.0. The summed E-state index contributed by atoms with van der Waals surface area (Å²) in [6.07, 6.45) is 1.56. The van der Waals surface area contributed by atoms with Gasteiger partial charge in [-0.05, 0) is 52.7 Å². The van der Waals surface area contributed by atoms with Gasteiger partial charge in [0.1, 0.15) is 17.5 Å². The van der Waals surface area contributed by atoms with E-state index < -0.39 is 5.41 Å². The highest BCUT2D eigenvalue weighted by molar-refractivity contribution is 9.10. The van der Waals surface area contributed by atoms with Crippen molar-refractivity contribution in [2.45, 2.75) is 39.7 Å². The van der Waals surface area contributed by atoms with Crippen LogP contribution in [0.25, 0.3) is 10.9 Å². The highest BCUT2D eigenvalue weighted by atomic mass is 79.9. The molecule has 0 aliphatic carbocycles. The van der Waals surface area contributed by atoms with Crippen LogP contribution in [0.5, 0.6) is 11.5 Å². The Bertz CT molecular complexity index is 1580. The van der Waals surface area contributed by atoms with Gasteiger partial charge >= 0.3 is 0 Å². The van der Waals surface area contributed by atoms with Gasteiger partial charge in [-0.15, -0.1) is 0 Å². The number of benzene rings is 3. The van der Waals surface area contributed by atoms with Crippen LogP contribution in [0, 0.1) is 6.92 Å². The summed E-state index contributed by atoms with van der Waals surface area (Å²) in [6.45, 7) is 8.33. The number of aryl methyl sites for hydroxylation is 1. The highest BCUT2D eigenvalue weighted by Gasteiger charge is 2.23. The van der Waals surface area contributed by atoms with Crippen molar-refractivity contribution in [1.82, 2.24) is 9.66 Å². The summed E-state index contributed by atoms with van der Waals surface area (Å²) >= 11 is 13.7. The number of halogens is 3. The summed E-state index contributed by atoms with van der Waals surface area (Å²) in [6, 6.07) is 15.3. The van der Waals surface area contributed by atoms with Crippen LogP contribution < -0.4 is 15.0 Å². The average Bonchev–Trinajstić information content (AvgIpc) is 2.84. The van der Waals surface area contributed by atoms with Gasteiger partial charge in [0.2, 0.25) is 0 Å². The first-order chi connectivity index (χ1) is 17.5. The minimum Gasteiger partial charge on any atom is -0.493 e. The summed E-state index contributed by atoms with van der Waals surface area (Å²) in [5.41, 5.74) is 2.70. The fraction of sp³-hybridized carbons (Fsp3) is 0.250. The lowest BCUT2D eigenvalue weighted by molar-refractivity contribution is 0.284. The molecule has 4 aromatic rings. The summed E-state index contributed by atoms with van der Waals surface area (Å²) in [7, 11) is 1.55.